The Morgan fingerprint density at radius 3 is 2.50 bits per heavy atom. The molecule has 0 fully saturated rings. The van der Waals surface area contributed by atoms with E-state index >= 15 is 0 Å². The van der Waals surface area contributed by atoms with Crippen LogP contribution in [0.5, 0.6) is 0 Å². The first-order valence-electron chi connectivity index (χ1n) is 7.17. The number of ether oxygens (including phenoxy) is 1. The van der Waals surface area contributed by atoms with Gasteiger partial charge < -0.3 is 10.1 Å². The van der Waals surface area contributed by atoms with E-state index in [1.54, 1.807) is 6.07 Å². The molecule has 1 N–H and O–H groups in total. The summed E-state index contributed by atoms with van der Waals surface area (Å²) < 4.78 is 56.1. The first-order valence-corrected chi connectivity index (χ1v) is 7.17. The molecule has 0 saturated carbocycles. The summed E-state index contributed by atoms with van der Waals surface area (Å²) in [6.45, 7) is -0.886. The van der Waals surface area contributed by atoms with Gasteiger partial charge in [0.1, 0.15) is 24.7 Å². The maximum Gasteiger partial charge on any atom is 0.416 e. The largest absolute Gasteiger partial charge is 0.459 e. The average molecular weight is 372 g/mol. The van der Waals surface area contributed by atoms with Crippen molar-refractivity contribution in [1.29, 1.82) is 0 Å². The van der Waals surface area contributed by atoms with E-state index in [-0.39, 0.29) is 17.9 Å². The number of esters is 1. The fourth-order valence-corrected chi connectivity index (χ4v) is 2.00. The van der Waals surface area contributed by atoms with Gasteiger partial charge in [0, 0.05) is 11.6 Å². The number of halogens is 4. The molecular weight excluding hydrogens is 360 g/mol. The molecule has 0 spiro atoms. The van der Waals surface area contributed by atoms with Crippen LogP contribution < -0.4 is 5.32 Å². The third kappa shape index (κ3) is 4.91. The molecule has 0 aliphatic heterocycles. The lowest BCUT2D eigenvalue weighted by molar-refractivity contribution is -0.384. The molecule has 0 saturated heterocycles. The molecule has 0 bridgehead atoms. The van der Waals surface area contributed by atoms with E-state index in [1.165, 1.54) is 18.2 Å². The third-order valence-electron chi connectivity index (χ3n) is 3.29. The van der Waals surface area contributed by atoms with Crippen molar-refractivity contribution < 1.29 is 32.0 Å². The zero-order chi connectivity index (χ0) is 19.3. The Balaban J connectivity index is 2.01. The van der Waals surface area contributed by atoms with E-state index in [0.29, 0.717) is 12.1 Å². The van der Waals surface area contributed by atoms with E-state index < -0.39 is 40.7 Å². The lowest BCUT2D eigenvalue weighted by Crippen LogP contribution is -2.18. The number of nitro groups is 1. The molecule has 0 heterocycles. The molecule has 10 heteroatoms. The molecule has 0 amide bonds. The van der Waals surface area contributed by atoms with Gasteiger partial charge in [-0.15, -0.1) is 0 Å². The number of nitrogens with one attached hydrogen (secondary N) is 1. The third-order valence-corrected chi connectivity index (χ3v) is 3.29. The highest BCUT2D eigenvalue weighted by Crippen LogP contribution is 2.34. The zero-order valence-electron chi connectivity index (χ0n) is 13.0. The van der Waals surface area contributed by atoms with Gasteiger partial charge in [-0.25, -0.2) is 4.39 Å². The van der Waals surface area contributed by atoms with Crippen molar-refractivity contribution in [2.45, 2.75) is 12.8 Å². The number of nitro benzene ring substituents is 1. The number of rotatable bonds is 6. The van der Waals surface area contributed by atoms with Crippen LogP contribution in [0.3, 0.4) is 0 Å². The quantitative estimate of drug-likeness (QED) is 0.360. The number of hydrogen-bond donors (Lipinski definition) is 1. The monoisotopic (exact) mass is 372 g/mol. The van der Waals surface area contributed by atoms with Crippen molar-refractivity contribution in [3.63, 3.8) is 0 Å². The number of carbonyl (C=O) groups excluding carboxylic acids is 1. The van der Waals surface area contributed by atoms with Crippen LogP contribution in [0, 0.1) is 15.9 Å². The minimum Gasteiger partial charge on any atom is -0.459 e. The standard InChI is InChI=1S/C16H12F4N2O4/c17-12-4-2-1-3-10(12)9-26-15(23)8-21-13-6-5-11(16(18,19)20)7-14(13)22(24)25/h1-7,21H,8-9H2. The van der Waals surface area contributed by atoms with Crippen LogP contribution >= 0.6 is 0 Å². The van der Waals surface area contributed by atoms with E-state index in [0.717, 1.165) is 6.07 Å². The van der Waals surface area contributed by atoms with Gasteiger partial charge in [-0.05, 0) is 18.2 Å². The van der Waals surface area contributed by atoms with Gasteiger partial charge in [0.15, 0.2) is 0 Å². The fraction of sp³-hybridized carbons (Fsp3) is 0.188. The molecule has 0 unspecified atom stereocenters. The van der Waals surface area contributed by atoms with Gasteiger partial charge in [0.2, 0.25) is 0 Å². The molecule has 2 aromatic rings. The molecule has 138 valence electrons. The van der Waals surface area contributed by atoms with Gasteiger partial charge in [-0.3, -0.25) is 14.9 Å². The predicted molar refractivity (Wildman–Crippen MR) is 82.8 cm³/mol. The number of benzene rings is 2. The van der Waals surface area contributed by atoms with E-state index in [9.17, 15) is 32.5 Å². The molecule has 0 radical (unpaired) electrons. The number of anilines is 1. The van der Waals surface area contributed by atoms with Crippen molar-refractivity contribution in [3.8, 4) is 0 Å². The highest BCUT2D eigenvalue weighted by atomic mass is 19.4. The van der Waals surface area contributed by atoms with E-state index in [2.05, 4.69) is 5.32 Å². The molecule has 6 nitrogen and oxygen atoms in total. The van der Waals surface area contributed by atoms with Crippen LogP contribution in [-0.4, -0.2) is 17.4 Å². The van der Waals surface area contributed by atoms with Crippen LogP contribution in [0.25, 0.3) is 0 Å². The lowest BCUT2D eigenvalue weighted by Gasteiger charge is -2.11. The predicted octanol–water partition coefficient (Wildman–Crippen LogP) is 3.91. The normalized spacial score (nSPS) is 11.1. The van der Waals surface area contributed by atoms with Crippen LogP contribution in [0.1, 0.15) is 11.1 Å². The SMILES string of the molecule is O=C(CNc1ccc(C(F)(F)F)cc1[N+](=O)[O-])OCc1ccccc1F. The van der Waals surface area contributed by atoms with E-state index in [4.69, 9.17) is 4.74 Å². The summed E-state index contributed by atoms with van der Waals surface area (Å²) in [4.78, 5) is 21.6. The maximum atomic E-state index is 13.4. The van der Waals surface area contributed by atoms with Crippen molar-refractivity contribution >= 4 is 17.3 Å². The van der Waals surface area contributed by atoms with E-state index in [1.807, 2.05) is 0 Å². The van der Waals surface area contributed by atoms with Crippen molar-refractivity contribution in [1.82, 2.24) is 0 Å². The Kier molecular flexibility index (Phi) is 5.75. The molecule has 0 atom stereocenters. The molecule has 2 aromatic carbocycles. The average Bonchev–Trinajstić information content (AvgIpc) is 2.58. The number of alkyl halides is 3. The molecule has 0 aliphatic carbocycles. The van der Waals surface area contributed by atoms with Gasteiger partial charge in [0.25, 0.3) is 5.69 Å². The minimum absolute atomic E-state index is 0.140. The Morgan fingerprint density at radius 2 is 1.88 bits per heavy atom. The van der Waals surface area contributed by atoms with Gasteiger partial charge in [-0.1, -0.05) is 18.2 Å². The summed E-state index contributed by atoms with van der Waals surface area (Å²) in [6, 6.07) is 7.49. The van der Waals surface area contributed by atoms with Crippen molar-refractivity contribution in [3.05, 3.63) is 69.5 Å². The first kappa shape index (κ1) is 19.2. The summed E-state index contributed by atoms with van der Waals surface area (Å²) in [5, 5.41) is 13.3. The second-order valence-electron chi connectivity index (χ2n) is 5.09. The zero-order valence-corrected chi connectivity index (χ0v) is 13.0. The van der Waals surface area contributed by atoms with Gasteiger partial charge >= 0.3 is 12.1 Å². The van der Waals surface area contributed by atoms with Crippen LogP contribution in [-0.2, 0) is 22.3 Å². The molecule has 2 rings (SSSR count). The molecule has 26 heavy (non-hydrogen) atoms. The van der Waals surface area contributed by atoms with Crippen molar-refractivity contribution in [2.24, 2.45) is 0 Å². The lowest BCUT2D eigenvalue weighted by atomic mass is 10.1. The van der Waals surface area contributed by atoms with Crippen molar-refractivity contribution in [2.75, 3.05) is 11.9 Å². The topological polar surface area (TPSA) is 81.5 Å². The highest BCUT2D eigenvalue weighted by Gasteiger charge is 2.33. The fourth-order valence-electron chi connectivity index (χ4n) is 2.00. The second kappa shape index (κ2) is 7.81. The molecule has 0 aliphatic rings. The summed E-state index contributed by atoms with van der Waals surface area (Å²) in [5.41, 5.74) is -2.15. The minimum atomic E-state index is -4.73. The van der Waals surface area contributed by atoms with Crippen LogP contribution in [0.4, 0.5) is 28.9 Å². The Bertz CT molecular complexity index is 824. The highest BCUT2D eigenvalue weighted by molar-refractivity contribution is 5.76. The number of nitrogens with zero attached hydrogens (tertiary/aromatic N) is 1. The first-order chi connectivity index (χ1) is 12.2. The summed E-state index contributed by atoms with van der Waals surface area (Å²) >= 11 is 0. The van der Waals surface area contributed by atoms with Crippen LogP contribution in [0.2, 0.25) is 0 Å². The second-order valence-corrected chi connectivity index (χ2v) is 5.09. The van der Waals surface area contributed by atoms with Gasteiger partial charge in [0.05, 0.1) is 10.5 Å². The Labute approximate surface area is 144 Å². The summed E-state index contributed by atoms with van der Waals surface area (Å²) in [5.74, 6) is -1.42. The maximum absolute atomic E-state index is 13.4. The smallest absolute Gasteiger partial charge is 0.416 e. The number of carbonyl (C=O) groups is 1. The van der Waals surface area contributed by atoms with Gasteiger partial charge in [-0.2, -0.15) is 13.2 Å². The number of hydrogen-bond acceptors (Lipinski definition) is 5. The Hall–Kier alpha value is -3.17. The van der Waals surface area contributed by atoms with Crippen LogP contribution in [0.15, 0.2) is 42.5 Å². The summed E-state index contributed by atoms with van der Waals surface area (Å²) in [6.07, 6.45) is -4.73. The summed E-state index contributed by atoms with van der Waals surface area (Å²) in [7, 11) is 0. The molecular formula is C16H12F4N2O4. The molecule has 0 aromatic heterocycles. The Morgan fingerprint density at radius 1 is 1.19 bits per heavy atom.